The molecule has 1 N–H and O–H groups in total. The lowest BCUT2D eigenvalue weighted by molar-refractivity contribution is 0.956. The fraction of sp³-hybridized carbons (Fsp3) is 0.0238. The van der Waals surface area contributed by atoms with Crippen LogP contribution >= 0.6 is 22.7 Å². The molecule has 10 rings (SSSR count). The standard InChI is InChI=1S/C42H26N4S2/c1-3-12-25(13-4-1)37-39-36(30-17-7-9-20-33(30)43-37)32-24-27(22-23-35(32)48-39)41-44-40(26-14-5-2-6-15-26)45-42(46-41)31-19-11-18-29-28-16-8-10-21-34(28)47-38(29)31/h1-24,37,43H. The quantitative estimate of drug-likeness (QED) is 0.206. The highest BCUT2D eigenvalue weighted by Crippen LogP contribution is 2.51. The molecule has 1 unspecified atom stereocenters. The molecule has 9 aromatic rings. The van der Waals surface area contributed by atoms with Crippen LogP contribution in [0.2, 0.25) is 0 Å². The van der Waals surface area contributed by atoms with Gasteiger partial charge in [0.25, 0.3) is 0 Å². The van der Waals surface area contributed by atoms with Crippen molar-refractivity contribution >= 4 is 58.6 Å². The molecule has 0 aliphatic carbocycles. The summed E-state index contributed by atoms with van der Waals surface area (Å²) in [6.45, 7) is 0. The van der Waals surface area contributed by atoms with E-state index in [1.807, 2.05) is 29.5 Å². The molecule has 1 aliphatic rings. The van der Waals surface area contributed by atoms with E-state index in [0.717, 1.165) is 22.4 Å². The van der Waals surface area contributed by atoms with E-state index in [1.54, 1.807) is 11.3 Å². The molecule has 0 amide bonds. The van der Waals surface area contributed by atoms with Crippen LogP contribution in [0, 0.1) is 0 Å². The Morgan fingerprint density at radius 3 is 2.02 bits per heavy atom. The van der Waals surface area contributed by atoms with Crippen LogP contribution in [0.1, 0.15) is 16.5 Å². The first-order valence-corrected chi connectivity index (χ1v) is 17.6. The number of para-hydroxylation sites is 1. The van der Waals surface area contributed by atoms with Crippen molar-refractivity contribution in [2.24, 2.45) is 0 Å². The first-order chi connectivity index (χ1) is 23.8. The number of rotatable bonds is 4. The molecule has 0 saturated heterocycles. The molecule has 4 nitrogen and oxygen atoms in total. The SMILES string of the molecule is c1ccc(-c2nc(-c3ccc4sc5c(c4c3)-c3ccccc3NC5c3ccccc3)nc(-c3cccc4c3sc3ccccc34)n2)cc1. The maximum Gasteiger partial charge on any atom is 0.165 e. The van der Waals surface area contributed by atoms with Crippen molar-refractivity contribution in [2.45, 2.75) is 6.04 Å². The number of thiophene rings is 2. The van der Waals surface area contributed by atoms with Crippen LogP contribution in [0.25, 0.3) is 75.5 Å². The third-order valence-electron chi connectivity index (χ3n) is 9.18. The number of aromatic nitrogens is 3. The van der Waals surface area contributed by atoms with Gasteiger partial charge in [0.2, 0.25) is 0 Å². The number of hydrogen-bond acceptors (Lipinski definition) is 6. The summed E-state index contributed by atoms with van der Waals surface area (Å²) >= 11 is 3.65. The molecule has 0 spiro atoms. The monoisotopic (exact) mass is 650 g/mol. The van der Waals surface area contributed by atoms with Crippen LogP contribution in [0.4, 0.5) is 5.69 Å². The van der Waals surface area contributed by atoms with Crippen molar-refractivity contribution in [3.8, 4) is 45.3 Å². The van der Waals surface area contributed by atoms with E-state index in [0.29, 0.717) is 17.5 Å². The Morgan fingerprint density at radius 1 is 0.479 bits per heavy atom. The molecule has 4 heterocycles. The summed E-state index contributed by atoms with van der Waals surface area (Å²) in [4.78, 5) is 16.7. The van der Waals surface area contributed by atoms with E-state index in [1.165, 1.54) is 51.8 Å². The maximum absolute atomic E-state index is 5.21. The number of benzene rings is 6. The van der Waals surface area contributed by atoms with Crippen LogP contribution in [-0.4, -0.2) is 15.0 Å². The van der Waals surface area contributed by atoms with Gasteiger partial charge in [-0.3, -0.25) is 0 Å². The Balaban J connectivity index is 1.19. The average Bonchev–Trinajstić information content (AvgIpc) is 3.74. The second kappa shape index (κ2) is 10.9. The molecule has 6 aromatic carbocycles. The Bertz CT molecular complexity index is 2660. The number of hydrogen-bond donors (Lipinski definition) is 1. The summed E-state index contributed by atoms with van der Waals surface area (Å²) in [5.74, 6) is 2.02. The highest BCUT2D eigenvalue weighted by Gasteiger charge is 2.29. The van der Waals surface area contributed by atoms with Gasteiger partial charge in [0.1, 0.15) is 0 Å². The van der Waals surface area contributed by atoms with Gasteiger partial charge in [0, 0.05) is 68.6 Å². The summed E-state index contributed by atoms with van der Waals surface area (Å²) in [5, 5.41) is 7.53. The molecule has 0 radical (unpaired) electrons. The van der Waals surface area contributed by atoms with Crippen LogP contribution < -0.4 is 5.32 Å². The van der Waals surface area contributed by atoms with Gasteiger partial charge in [-0.1, -0.05) is 109 Å². The minimum atomic E-state index is 0.0761. The lowest BCUT2D eigenvalue weighted by Gasteiger charge is -2.28. The Labute approximate surface area is 285 Å². The Hall–Kier alpha value is -5.69. The van der Waals surface area contributed by atoms with Crippen molar-refractivity contribution < 1.29 is 0 Å². The molecule has 226 valence electrons. The molecular formula is C42H26N4S2. The third-order valence-corrected chi connectivity index (χ3v) is 11.6. The second-order valence-corrected chi connectivity index (χ2v) is 14.2. The lowest BCUT2D eigenvalue weighted by Crippen LogP contribution is -2.16. The average molecular weight is 651 g/mol. The minimum absolute atomic E-state index is 0.0761. The first-order valence-electron chi connectivity index (χ1n) is 16.0. The zero-order valence-corrected chi connectivity index (χ0v) is 27.2. The van der Waals surface area contributed by atoms with Gasteiger partial charge in [0.05, 0.1) is 6.04 Å². The van der Waals surface area contributed by atoms with Gasteiger partial charge in [-0.05, 0) is 42.0 Å². The summed E-state index contributed by atoms with van der Waals surface area (Å²) in [7, 11) is 0. The van der Waals surface area contributed by atoms with Gasteiger partial charge in [-0.2, -0.15) is 0 Å². The summed E-state index contributed by atoms with van der Waals surface area (Å²) < 4.78 is 3.69. The zero-order valence-electron chi connectivity index (χ0n) is 25.6. The first kappa shape index (κ1) is 27.4. The maximum atomic E-state index is 5.21. The van der Waals surface area contributed by atoms with Gasteiger partial charge in [-0.15, -0.1) is 22.7 Å². The fourth-order valence-corrected chi connectivity index (χ4v) is 9.42. The molecule has 3 aromatic heterocycles. The smallest absolute Gasteiger partial charge is 0.165 e. The normalized spacial score (nSPS) is 13.8. The third kappa shape index (κ3) is 4.38. The van der Waals surface area contributed by atoms with E-state index in [4.69, 9.17) is 15.0 Å². The van der Waals surface area contributed by atoms with E-state index < -0.39 is 0 Å². The van der Waals surface area contributed by atoms with Crippen molar-refractivity contribution in [1.82, 2.24) is 15.0 Å². The van der Waals surface area contributed by atoms with Crippen molar-refractivity contribution in [1.29, 1.82) is 0 Å². The number of anilines is 1. The molecule has 0 bridgehead atoms. The van der Waals surface area contributed by atoms with Crippen molar-refractivity contribution in [3.63, 3.8) is 0 Å². The highest BCUT2D eigenvalue weighted by molar-refractivity contribution is 7.26. The van der Waals surface area contributed by atoms with Crippen LogP contribution in [-0.2, 0) is 0 Å². The van der Waals surface area contributed by atoms with Crippen LogP contribution in [0.15, 0.2) is 146 Å². The largest absolute Gasteiger partial charge is 0.373 e. The van der Waals surface area contributed by atoms with Gasteiger partial charge in [-0.25, -0.2) is 15.0 Å². The molecule has 6 heteroatoms. The summed E-state index contributed by atoms with van der Waals surface area (Å²) in [6, 6.07) is 51.3. The predicted molar refractivity (Wildman–Crippen MR) is 202 cm³/mol. The minimum Gasteiger partial charge on any atom is -0.373 e. The molecule has 1 atom stereocenters. The van der Waals surface area contributed by atoms with Crippen molar-refractivity contribution in [3.05, 3.63) is 156 Å². The summed E-state index contributed by atoms with van der Waals surface area (Å²) in [5.41, 5.74) is 7.87. The number of nitrogens with one attached hydrogen (secondary N) is 1. The topological polar surface area (TPSA) is 50.7 Å². The van der Waals surface area contributed by atoms with E-state index in [2.05, 4.69) is 133 Å². The molecule has 1 aliphatic heterocycles. The van der Waals surface area contributed by atoms with Gasteiger partial charge in [0.15, 0.2) is 17.5 Å². The van der Waals surface area contributed by atoms with Crippen LogP contribution in [0.3, 0.4) is 0 Å². The molecule has 0 saturated carbocycles. The van der Waals surface area contributed by atoms with Gasteiger partial charge >= 0.3 is 0 Å². The second-order valence-electron chi connectivity index (χ2n) is 12.0. The van der Waals surface area contributed by atoms with Gasteiger partial charge < -0.3 is 5.32 Å². The van der Waals surface area contributed by atoms with Crippen LogP contribution in [0.5, 0.6) is 0 Å². The number of nitrogens with zero attached hydrogens (tertiary/aromatic N) is 3. The molecular weight excluding hydrogens is 625 g/mol. The number of fused-ring (bicyclic) bond motifs is 8. The lowest BCUT2D eigenvalue weighted by atomic mass is 9.90. The van der Waals surface area contributed by atoms with Crippen molar-refractivity contribution in [2.75, 3.05) is 5.32 Å². The highest BCUT2D eigenvalue weighted by atomic mass is 32.1. The van der Waals surface area contributed by atoms with E-state index in [9.17, 15) is 0 Å². The Morgan fingerprint density at radius 2 is 1.15 bits per heavy atom. The molecule has 48 heavy (non-hydrogen) atoms. The predicted octanol–water partition coefficient (Wildman–Crippen LogP) is 11.6. The fourth-order valence-electron chi connectivity index (χ4n) is 6.93. The Kier molecular flexibility index (Phi) is 6.25. The summed E-state index contributed by atoms with van der Waals surface area (Å²) in [6.07, 6.45) is 0. The van der Waals surface area contributed by atoms with E-state index in [-0.39, 0.29) is 6.04 Å². The zero-order chi connectivity index (χ0) is 31.6. The molecule has 0 fully saturated rings. The van der Waals surface area contributed by atoms with E-state index >= 15 is 0 Å².